The monoisotopic (exact) mass is 134 g/mol. The van der Waals surface area contributed by atoms with Crippen molar-refractivity contribution in [2.75, 3.05) is 13.1 Å². The molecule has 51 valence electrons. The average molecular weight is 134 g/mol. The maximum absolute atomic E-state index is 4.26. The quantitative estimate of drug-likeness (QED) is 0.503. The Morgan fingerprint density at radius 3 is 3.40 bits per heavy atom. The molecule has 1 radical (unpaired) electrons. The third-order valence-electron chi connectivity index (χ3n) is 1.83. The molecule has 2 nitrogen and oxygen atoms in total. The summed E-state index contributed by atoms with van der Waals surface area (Å²) in [5.41, 5.74) is 2.62. The molecule has 1 N–H and O–H groups in total. The Hall–Kier alpha value is -0.890. The summed E-state index contributed by atoms with van der Waals surface area (Å²) in [5.74, 6) is 0. The van der Waals surface area contributed by atoms with Gasteiger partial charge < -0.3 is 5.32 Å². The summed E-state index contributed by atoms with van der Waals surface area (Å²) >= 11 is 0. The second-order valence-electron chi connectivity index (χ2n) is 2.52. The van der Waals surface area contributed by atoms with Crippen LogP contribution in [-0.2, 0) is 0 Å². The van der Waals surface area contributed by atoms with Gasteiger partial charge in [0.1, 0.15) is 0 Å². The van der Waals surface area contributed by atoms with Gasteiger partial charge in [-0.3, -0.25) is 0 Å². The molecular weight excluding hydrogens is 124 g/mol. The second-order valence-corrected chi connectivity index (χ2v) is 2.52. The van der Waals surface area contributed by atoms with Gasteiger partial charge in [-0.1, -0.05) is 6.08 Å². The average Bonchev–Trinajstić information content (AvgIpc) is 2.05. The minimum absolute atomic E-state index is 0.941. The largest absolute Gasteiger partial charge is 0.304 e. The molecule has 2 rings (SSSR count). The lowest BCUT2D eigenvalue weighted by Gasteiger charge is -2.09. The number of allylic oxidation sites excluding steroid dienone is 1. The van der Waals surface area contributed by atoms with Gasteiger partial charge in [0.2, 0.25) is 6.20 Å². The van der Waals surface area contributed by atoms with Gasteiger partial charge in [-0.15, -0.1) is 0 Å². The van der Waals surface area contributed by atoms with Gasteiger partial charge in [0.25, 0.3) is 5.71 Å². The highest BCUT2D eigenvalue weighted by molar-refractivity contribution is 6.02. The maximum Gasteiger partial charge on any atom is 0.270 e. The van der Waals surface area contributed by atoms with Crippen LogP contribution in [0.3, 0.4) is 0 Å². The highest BCUT2D eigenvalue weighted by Gasteiger charge is 2.20. The number of nitrogens with zero attached hydrogens (tertiary/aromatic N) is 1. The number of aliphatic imine (C=N–C) groups is 1. The van der Waals surface area contributed by atoms with Crippen molar-refractivity contribution in [1.82, 2.24) is 10.3 Å². The Kier molecular flexibility index (Phi) is 1.40. The zero-order chi connectivity index (χ0) is 6.81. The zero-order valence-electron chi connectivity index (χ0n) is 5.80. The molecule has 2 aliphatic heterocycles. The van der Waals surface area contributed by atoms with Gasteiger partial charge in [-0.05, 0) is 6.08 Å². The topological polar surface area (TPSA) is 26.1 Å². The molecule has 0 amide bonds. The highest BCUT2D eigenvalue weighted by atomic mass is 14.9. The van der Waals surface area contributed by atoms with E-state index in [1.165, 1.54) is 11.3 Å². The molecule has 0 aromatic heterocycles. The molecule has 0 aromatic carbocycles. The van der Waals surface area contributed by atoms with E-state index in [-0.39, 0.29) is 0 Å². The predicted octanol–water partition coefficient (Wildman–Crippen LogP) is 0.210. The summed E-state index contributed by atoms with van der Waals surface area (Å²) in [4.78, 5) is 4.26. The van der Waals surface area contributed by atoms with Crippen molar-refractivity contribution in [3.05, 3.63) is 23.9 Å². The first-order valence-corrected chi connectivity index (χ1v) is 3.58. The molecule has 0 saturated carbocycles. The molecule has 0 spiro atoms. The van der Waals surface area contributed by atoms with Crippen LogP contribution in [0.1, 0.15) is 6.42 Å². The first-order valence-electron chi connectivity index (χ1n) is 3.58. The summed E-state index contributed by atoms with van der Waals surface area (Å²) in [6.45, 7) is 1.94. The van der Waals surface area contributed by atoms with Crippen molar-refractivity contribution in [3.8, 4) is 0 Å². The first-order chi connectivity index (χ1) is 4.97. The van der Waals surface area contributed by atoms with Crippen LogP contribution in [0.2, 0.25) is 0 Å². The SMILES string of the molecule is C1=C[N+]=C2CNCC=C2C1. The smallest absolute Gasteiger partial charge is 0.270 e. The van der Waals surface area contributed by atoms with Crippen molar-refractivity contribution < 1.29 is 0 Å². The molecule has 0 bridgehead atoms. The maximum atomic E-state index is 4.26. The lowest BCUT2D eigenvalue weighted by Crippen LogP contribution is -2.32. The fourth-order valence-corrected chi connectivity index (χ4v) is 1.27. The van der Waals surface area contributed by atoms with E-state index in [4.69, 9.17) is 0 Å². The first kappa shape index (κ1) is 5.86. The van der Waals surface area contributed by atoms with E-state index in [2.05, 4.69) is 22.5 Å². The molecule has 0 fully saturated rings. The summed E-state index contributed by atoms with van der Waals surface area (Å²) in [5, 5.41) is 3.24. The molecule has 0 saturated heterocycles. The zero-order valence-corrected chi connectivity index (χ0v) is 5.80. The lowest BCUT2D eigenvalue weighted by atomic mass is 10.0. The highest BCUT2D eigenvalue weighted by Crippen LogP contribution is 2.08. The standard InChI is InChI=1S/C8H10N2/c1-2-7-3-5-9-6-8(7)10-4-1/h1,3-4,9H,2,5-6H2/q+1. The van der Waals surface area contributed by atoms with Crippen molar-refractivity contribution in [3.63, 3.8) is 0 Å². The van der Waals surface area contributed by atoms with Crippen LogP contribution in [-0.4, -0.2) is 18.8 Å². The molecular formula is C8H10N2+. The number of nitrogens with one attached hydrogen (secondary N) is 1. The Balaban J connectivity index is 2.32. The fourth-order valence-electron chi connectivity index (χ4n) is 1.27. The van der Waals surface area contributed by atoms with E-state index in [0.717, 1.165) is 19.5 Å². The molecule has 2 heterocycles. The Labute approximate surface area is 60.3 Å². The van der Waals surface area contributed by atoms with Crippen molar-refractivity contribution in [2.45, 2.75) is 6.42 Å². The summed E-state index contributed by atoms with van der Waals surface area (Å²) in [7, 11) is 0. The van der Waals surface area contributed by atoms with Crippen molar-refractivity contribution in [2.24, 2.45) is 0 Å². The Bertz CT molecular complexity index is 223. The Morgan fingerprint density at radius 2 is 2.50 bits per heavy atom. The summed E-state index contributed by atoms with van der Waals surface area (Å²) in [6, 6.07) is 0. The molecule has 0 aliphatic carbocycles. The van der Waals surface area contributed by atoms with Crippen LogP contribution in [0.25, 0.3) is 0 Å². The molecule has 0 atom stereocenters. The van der Waals surface area contributed by atoms with Gasteiger partial charge in [-0.25, -0.2) is 0 Å². The van der Waals surface area contributed by atoms with Crippen LogP contribution in [0.5, 0.6) is 0 Å². The van der Waals surface area contributed by atoms with E-state index < -0.39 is 0 Å². The van der Waals surface area contributed by atoms with Gasteiger partial charge in [0, 0.05) is 18.5 Å². The third kappa shape index (κ3) is 0.907. The van der Waals surface area contributed by atoms with E-state index in [1.54, 1.807) is 0 Å². The number of hydrogen-bond acceptors (Lipinski definition) is 2. The molecule has 2 heteroatoms. The Morgan fingerprint density at radius 1 is 1.50 bits per heavy atom. The molecule has 10 heavy (non-hydrogen) atoms. The normalized spacial score (nSPS) is 23.2. The van der Waals surface area contributed by atoms with Gasteiger partial charge in [-0.2, -0.15) is 0 Å². The van der Waals surface area contributed by atoms with Gasteiger partial charge >= 0.3 is 0 Å². The van der Waals surface area contributed by atoms with Crippen LogP contribution in [0, 0.1) is 0 Å². The second kappa shape index (κ2) is 2.39. The molecule has 0 aromatic rings. The minimum Gasteiger partial charge on any atom is -0.304 e. The lowest BCUT2D eigenvalue weighted by molar-refractivity contribution is 0.829. The van der Waals surface area contributed by atoms with Crippen LogP contribution >= 0.6 is 0 Å². The number of rotatable bonds is 0. The molecule has 0 unspecified atom stereocenters. The van der Waals surface area contributed by atoms with Crippen LogP contribution < -0.4 is 10.3 Å². The minimum atomic E-state index is 0.941. The van der Waals surface area contributed by atoms with Gasteiger partial charge in [0.15, 0.2) is 0 Å². The summed E-state index contributed by atoms with van der Waals surface area (Å²) < 4.78 is 0. The fraction of sp³-hybridized carbons (Fsp3) is 0.375. The third-order valence-corrected chi connectivity index (χ3v) is 1.83. The van der Waals surface area contributed by atoms with Crippen LogP contribution in [0.4, 0.5) is 0 Å². The molecule has 2 aliphatic rings. The van der Waals surface area contributed by atoms with E-state index in [1.807, 2.05) is 6.20 Å². The van der Waals surface area contributed by atoms with Crippen molar-refractivity contribution in [1.29, 1.82) is 0 Å². The van der Waals surface area contributed by atoms with E-state index >= 15 is 0 Å². The number of fused-ring (bicyclic) bond motifs is 1. The number of hydrogen-bond donors (Lipinski definition) is 1. The van der Waals surface area contributed by atoms with Gasteiger partial charge in [0.05, 0.1) is 11.5 Å². The summed E-state index contributed by atoms with van der Waals surface area (Å²) in [6.07, 6.45) is 7.27. The van der Waals surface area contributed by atoms with E-state index in [0.29, 0.717) is 0 Å². The van der Waals surface area contributed by atoms with Crippen molar-refractivity contribution >= 4 is 5.71 Å². The van der Waals surface area contributed by atoms with Crippen LogP contribution in [0.15, 0.2) is 23.9 Å². The predicted molar refractivity (Wildman–Crippen MR) is 41.9 cm³/mol. The van der Waals surface area contributed by atoms with E-state index in [9.17, 15) is 0 Å².